The monoisotopic (exact) mass is 319 g/mol. The molecule has 0 spiro atoms. The lowest BCUT2D eigenvalue weighted by Crippen LogP contribution is -2.62. The summed E-state index contributed by atoms with van der Waals surface area (Å²) in [4.78, 5) is 27.1. The van der Waals surface area contributed by atoms with Crippen molar-refractivity contribution in [2.75, 3.05) is 6.54 Å². The van der Waals surface area contributed by atoms with Gasteiger partial charge in [0, 0.05) is 23.9 Å². The van der Waals surface area contributed by atoms with Crippen LogP contribution in [-0.4, -0.2) is 39.9 Å². The van der Waals surface area contributed by atoms with Crippen molar-refractivity contribution < 1.29 is 14.7 Å². The molecule has 2 unspecified atom stereocenters. The quantitative estimate of drug-likeness (QED) is 0.746. The van der Waals surface area contributed by atoms with Gasteiger partial charge in [0.05, 0.1) is 12.5 Å². The molecule has 0 aromatic rings. The summed E-state index contributed by atoms with van der Waals surface area (Å²) in [5.74, 6) is 2.18. The predicted molar refractivity (Wildman–Crippen MR) is 86.6 cm³/mol. The summed E-state index contributed by atoms with van der Waals surface area (Å²) >= 11 is 0. The van der Waals surface area contributed by atoms with Gasteiger partial charge in [-0.2, -0.15) is 0 Å². The lowest BCUT2D eigenvalue weighted by Gasteiger charge is -2.58. The number of Topliss-reactive ketones (excluding diaryl/α,β-unsaturated/α-hetero) is 1. The van der Waals surface area contributed by atoms with Crippen molar-refractivity contribution in [1.29, 1.82) is 0 Å². The number of fused-ring (bicyclic) bond motifs is 5. The summed E-state index contributed by atoms with van der Waals surface area (Å²) in [7, 11) is 0. The van der Waals surface area contributed by atoms with Crippen molar-refractivity contribution in [3.8, 4) is 0 Å². The summed E-state index contributed by atoms with van der Waals surface area (Å²) in [6, 6.07) is 0. The third-order valence-electron chi connectivity index (χ3n) is 7.94. The van der Waals surface area contributed by atoms with Crippen LogP contribution in [0.4, 0.5) is 0 Å². The third-order valence-corrected chi connectivity index (χ3v) is 7.94. The number of amides is 1. The van der Waals surface area contributed by atoms with Crippen molar-refractivity contribution in [3.05, 3.63) is 0 Å². The standard InChI is InChI=1S/C19H29NO3/c1-18-8-6-15-13(14(18)3-4-16(18)22)7-10-20-17(23)11-12(21)5-9-19(15,20)2/h12-15,21H,3-11H2,1-2H3/t12?,13-,14-,15?,18-,19+/m0/s1. The average Bonchev–Trinajstić information content (AvgIpc) is 2.75. The number of piperidine rings is 1. The van der Waals surface area contributed by atoms with E-state index in [-0.39, 0.29) is 23.3 Å². The van der Waals surface area contributed by atoms with Crippen LogP contribution in [0.5, 0.6) is 0 Å². The van der Waals surface area contributed by atoms with Crippen molar-refractivity contribution in [3.63, 3.8) is 0 Å². The fourth-order valence-electron chi connectivity index (χ4n) is 6.57. The van der Waals surface area contributed by atoms with Gasteiger partial charge in [-0.3, -0.25) is 9.59 Å². The van der Waals surface area contributed by atoms with Gasteiger partial charge in [-0.05, 0) is 63.2 Å². The highest BCUT2D eigenvalue weighted by Gasteiger charge is 2.60. The SMILES string of the molecule is C[C@]12CCC3[C@@H](CCN4C(=O)CC(O)CC[C@]34C)[C@@H]1CCC2=O. The molecule has 2 heterocycles. The summed E-state index contributed by atoms with van der Waals surface area (Å²) in [5.41, 5.74) is -0.224. The maximum absolute atomic E-state index is 12.6. The molecule has 4 rings (SSSR count). The van der Waals surface area contributed by atoms with E-state index in [1.807, 2.05) is 0 Å². The van der Waals surface area contributed by atoms with E-state index in [0.29, 0.717) is 23.5 Å². The van der Waals surface area contributed by atoms with E-state index >= 15 is 0 Å². The molecule has 2 saturated carbocycles. The van der Waals surface area contributed by atoms with Crippen LogP contribution in [0.25, 0.3) is 0 Å². The highest BCUT2D eigenvalue weighted by molar-refractivity contribution is 5.87. The zero-order chi connectivity index (χ0) is 16.4. The Labute approximate surface area is 138 Å². The second-order valence-corrected chi connectivity index (χ2v) is 8.88. The molecule has 4 aliphatic rings. The first-order valence-corrected chi connectivity index (χ1v) is 9.38. The zero-order valence-corrected chi connectivity index (χ0v) is 14.4. The predicted octanol–water partition coefficient (Wildman–Crippen LogP) is 2.53. The first kappa shape index (κ1) is 15.6. The average molecular weight is 319 g/mol. The summed E-state index contributed by atoms with van der Waals surface area (Å²) in [6.45, 7) is 5.25. The van der Waals surface area contributed by atoms with E-state index in [2.05, 4.69) is 18.7 Å². The van der Waals surface area contributed by atoms with Crippen molar-refractivity contribution in [1.82, 2.24) is 4.90 Å². The number of aliphatic hydroxyl groups excluding tert-OH is 1. The Morgan fingerprint density at radius 1 is 1.04 bits per heavy atom. The van der Waals surface area contributed by atoms with Crippen molar-refractivity contribution in [2.45, 2.75) is 76.9 Å². The van der Waals surface area contributed by atoms with E-state index < -0.39 is 6.10 Å². The second kappa shape index (κ2) is 5.05. The Hall–Kier alpha value is -0.900. The van der Waals surface area contributed by atoms with Crippen LogP contribution in [0.1, 0.15) is 65.2 Å². The number of carbonyl (C=O) groups is 2. The van der Waals surface area contributed by atoms with Gasteiger partial charge in [0.15, 0.2) is 0 Å². The number of carbonyl (C=O) groups excluding carboxylic acids is 2. The van der Waals surface area contributed by atoms with Gasteiger partial charge >= 0.3 is 0 Å². The molecule has 0 radical (unpaired) electrons. The largest absolute Gasteiger partial charge is 0.393 e. The fraction of sp³-hybridized carbons (Fsp3) is 0.895. The Morgan fingerprint density at radius 2 is 1.83 bits per heavy atom. The molecule has 128 valence electrons. The highest BCUT2D eigenvalue weighted by Crippen LogP contribution is 2.60. The third kappa shape index (κ3) is 2.06. The molecule has 1 amide bonds. The Kier molecular flexibility index (Phi) is 3.43. The van der Waals surface area contributed by atoms with Crippen LogP contribution in [0.15, 0.2) is 0 Å². The van der Waals surface area contributed by atoms with E-state index in [9.17, 15) is 14.7 Å². The smallest absolute Gasteiger partial charge is 0.225 e. The molecule has 2 aliphatic carbocycles. The molecule has 4 heteroatoms. The lowest BCUT2D eigenvalue weighted by atomic mass is 9.53. The molecule has 6 atom stereocenters. The number of aliphatic hydroxyl groups is 1. The van der Waals surface area contributed by atoms with Gasteiger partial charge in [0.1, 0.15) is 5.78 Å². The van der Waals surface area contributed by atoms with Gasteiger partial charge in [0.2, 0.25) is 5.91 Å². The van der Waals surface area contributed by atoms with Gasteiger partial charge in [-0.25, -0.2) is 0 Å². The van der Waals surface area contributed by atoms with Crippen molar-refractivity contribution >= 4 is 11.7 Å². The van der Waals surface area contributed by atoms with Gasteiger partial charge < -0.3 is 10.0 Å². The molecular formula is C19H29NO3. The number of nitrogens with zero attached hydrogens (tertiary/aromatic N) is 1. The van der Waals surface area contributed by atoms with E-state index in [4.69, 9.17) is 0 Å². The van der Waals surface area contributed by atoms with E-state index in [0.717, 1.165) is 51.5 Å². The van der Waals surface area contributed by atoms with Crippen LogP contribution >= 0.6 is 0 Å². The fourth-order valence-corrected chi connectivity index (χ4v) is 6.57. The van der Waals surface area contributed by atoms with E-state index in [1.54, 1.807) is 0 Å². The van der Waals surface area contributed by atoms with Crippen LogP contribution in [0.2, 0.25) is 0 Å². The molecule has 4 fully saturated rings. The molecule has 0 bridgehead atoms. The lowest BCUT2D eigenvalue weighted by molar-refractivity contribution is -0.154. The molecule has 0 aromatic carbocycles. The normalized spacial score (nSPS) is 50.1. The molecule has 1 N–H and O–H groups in total. The van der Waals surface area contributed by atoms with Crippen LogP contribution < -0.4 is 0 Å². The number of rotatable bonds is 0. The van der Waals surface area contributed by atoms with E-state index in [1.165, 1.54) is 0 Å². The first-order valence-electron chi connectivity index (χ1n) is 9.38. The highest BCUT2D eigenvalue weighted by atomic mass is 16.3. The van der Waals surface area contributed by atoms with Crippen molar-refractivity contribution in [2.24, 2.45) is 23.2 Å². The molecular weight excluding hydrogens is 290 g/mol. The Balaban J connectivity index is 1.67. The number of ketones is 1. The summed E-state index contributed by atoms with van der Waals surface area (Å²) < 4.78 is 0. The van der Waals surface area contributed by atoms with Gasteiger partial charge in [0.25, 0.3) is 0 Å². The second-order valence-electron chi connectivity index (χ2n) is 8.88. The summed E-state index contributed by atoms with van der Waals surface area (Å²) in [6.07, 6.45) is 6.30. The molecule has 23 heavy (non-hydrogen) atoms. The Morgan fingerprint density at radius 3 is 2.61 bits per heavy atom. The van der Waals surface area contributed by atoms with Gasteiger partial charge in [-0.1, -0.05) is 6.92 Å². The maximum Gasteiger partial charge on any atom is 0.225 e. The first-order chi connectivity index (χ1) is 10.9. The minimum absolute atomic E-state index is 0.103. The molecule has 0 aromatic heterocycles. The maximum atomic E-state index is 12.6. The molecule has 2 aliphatic heterocycles. The summed E-state index contributed by atoms with van der Waals surface area (Å²) in [5, 5.41) is 10.1. The Bertz CT molecular complexity index is 547. The minimum atomic E-state index is -0.481. The minimum Gasteiger partial charge on any atom is -0.393 e. The topological polar surface area (TPSA) is 57.6 Å². The molecule has 2 saturated heterocycles. The number of hydrogen-bond acceptors (Lipinski definition) is 3. The van der Waals surface area contributed by atoms with Crippen LogP contribution in [-0.2, 0) is 9.59 Å². The number of hydrogen-bond donors (Lipinski definition) is 1. The van der Waals surface area contributed by atoms with Gasteiger partial charge in [-0.15, -0.1) is 0 Å². The molecule has 4 nitrogen and oxygen atoms in total. The zero-order valence-electron chi connectivity index (χ0n) is 14.4. The van der Waals surface area contributed by atoms with Crippen LogP contribution in [0.3, 0.4) is 0 Å². The van der Waals surface area contributed by atoms with Crippen LogP contribution in [0, 0.1) is 23.2 Å².